The largest absolute Gasteiger partial charge is 0.381 e. The van der Waals surface area contributed by atoms with Crippen LogP contribution in [0.25, 0.3) is 0 Å². The third-order valence-corrected chi connectivity index (χ3v) is 4.47. The molecule has 0 atom stereocenters. The third kappa shape index (κ3) is 3.49. The molecular weight excluding hydrogens is 300 g/mol. The summed E-state index contributed by atoms with van der Waals surface area (Å²) < 4.78 is 5.48. The molecule has 1 aromatic heterocycles. The lowest BCUT2D eigenvalue weighted by atomic mass is 10.0. The lowest BCUT2D eigenvalue weighted by molar-refractivity contribution is 0.0770. The molecule has 4 nitrogen and oxygen atoms in total. The van der Waals surface area contributed by atoms with Crippen LogP contribution in [0.4, 0.5) is 5.69 Å². The Bertz CT molecular complexity index is 736. The zero-order chi connectivity index (χ0) is 17.1. The molecule has 0 aliphatic carbocycles. The number of anilines is 1. The first-order valence-corrected chi connectivity index (χ1v) is 8.47. The maximum atomic E-state index is 13.3. The van der Waals surface area contributed by atoms with Crippen LogP contribution in [-0.4, -0.2) is 30.1 Å². The van der Waals surface area contributed by atoms with Crippen LogP contribution in [0.3, 0.4) is 0 Å². The normalized spacial score (nSPS) is 15.3. The van der Waals surface area contributed by atoms with Crippen LogP contribution in [0, 0.1) is 20.8 Å². The number of ether oxygens (including phenoxy) is 1. The number of benzene rings is 1. The van der Waals surface area contributed by atoms with Crippen LogP contribution in [-0.2, 0) is 4.74 Å². The zero-order valence-corrected chi connectivity index (χ0v) is 14.6. The lowest BCUT2D eigenvalue weighted by Crippen LogP contribution is -2.44. The molecule has 0 spiro atoms. The van der Waals surface area contributed by atoms with E-state index in [9.17, 15) is 4.79 Å². The number of hydrogen-bond donors (Lipinski definition) is 0. The molecule has 2 aromatic rings. The standard InChI is InChI=1S/C20H24N2O2/c1-14-5-4-6-18(12-14)22(17-7-9-24-10-8-17)20(23)19-16(3)11-15(2)13-21-19/h4-6,11-13,17H,7-10H2,1-3H3. The smallest absolute Gasteiger partial charge is 0.277 e. The van der Waals surface area contributed by atoms with Gasteiger partial charge in [-0.25, -0.2) is 0 Å². The highest BCUT2D eigenvalue weighted by Crippen LogP contribution is 2.26. The van der Waals surface area contributed by atoms with Crippen LogP contribution < -0.4 is 4.90 Å². The Morgan fingerprint density at radius 2 is 1.88 bits per heavy atom. The Morgan fingerprint density at radius 1 is 1.12 bits per heavy atom. The maximum absolute atomic E-state index is 13.3. The number of carbonyl (C=O) groups is 1. The van der Waals surface area contributed by atoms with Crippen molar-refractivity contribution in [2.45, 2.75) is 39.7 Å². The summed E-state index contributed by atoms with van der Waals surface area (Å²) in [5, 5.41) is 0. The molecule has 0 saturated carbocycles. The summed E-state index contributed by atoms with van der Waals surface area (Å²) in [6, 6.07) is 10.3. The number of amides is 1. The predicted molar refractivity (Wildman–Crippen MR) is 95.5 cm³/mol. The topological polar surface area (TPSA) is 42.4 Å². The summed E-state index contributed by atoms with van der Waals surface area (Å²) in [5.74, 6) is -0.0231. The summed E-state index contributed by atoms with van der Waals surface area (Å²) in [4.78, 5) is 19.6. The first-order chi connectivity index (χ1) is 11.6. The van der Waals surface area contributed by atoms with Gasteiger partial charge in [-0.15, -0.1) is 0 Å². The minimum atomic E-state index is -0.0231. The maximum Gasteiger partial charge on any atom is 0.277 e. The van der Waals surface area contributed by atoms with E-state index in [2.05, 4.69) is 11.1 Å². The van der Waals surface area contributed by atoms with Crippen molar-refractivity contribution in [1.29, 1.82) is 0 Å². The van der Waals surface area contributed by atoms with Gasteiger partial charge in [-0.05, 0) is 62.4 Å². The number of hydrogen-bond acceptors (Lipinski definition) is 3. The van der Waals surface area contributed by atoms with Crippen molar-refractivity contribution in [1.82, 2.24) is 4.98 Å². The number of nitrogens with zero attached hydrogens (tertiary/aromatic N) is 2. The number of rotatable bonds is 3. The van der Waals surface area contributed by atoms with Gasteiger partial charge in [-0.2, -0.15) is 0 Å². The van der Waals surface area contributed by atoms with E-state index in [0.717, 1.165) is 35.2 Å². The van der Waals surface area contributed by atoms with Crippen LogP contribution in [0.2, 0.25) is 0 Å². The predicted octanol–water partition coefficient (Wildman–Crippen LogP) is 3.83. The van der Waals surface area contributed by atoms with Crippen molar-refractivity contribution < 1.29 is 9.53 Å². The van der Waals surface area contributed by atoms with E-state index in [-0.39, 0.29) is 11.9 Å². The molecule has 1 amide bonds. The average Bonchev–Trinajstić information content (AvgIpc) is 2.56. The summed E-state index contributed by atoms with van der Waals surface area (Å²) in [6.45, 7) is 7.38. The van der Waals surface area contributed by atoms with E-state index in [4.69, 9.17) is 4.74 Å². The molecule has 0 unspecified atom stereocenters. The molecule has 126 valence electrons. The van der Waals surface area contributed by atoms with Gasteiger partial charge in [0, 0.05) is 31.1 Å². The second-order valence-corrected chi connectivity index (χ2v) is 6.54. The highest BCUT2D eigenvalue weighted by molar-refractivity contribution is 6.06. The van der Waals surface area contributed by atoms with Gasteiger partial charge in [-0.3, -0.25) is 9.78 Å². The van der Waals surface area contributed by atoms with Crippen molar-refractivity contribution in [3.05, 3.63) is 58.9 Å². The lowest BCUT2D eigenvalue weighted by Gasteiger charge is -2.34. The SMILES string of the molecule is Cc1cccc(N(C(=O)c2ncc(C)cc2C)C2CCOCC2)c1. The van der Waals surface area contributed by atoms with E-state index in [1.807, 2.05) is 49.9 Å². The molecule has 1 aromatic carbocycles. The van der Waals surface area contributed by atoms with Gasteiger partial charge in [-0.1, -0.05) is 18.2 Å². The van der Waals surface area contributed by atoms with Gasteiger partial charge in [0.15, 0.2) is 0 Å². The molecule has 2 heterocycles. The molecule has 0 N–H and O–H groups in total. The van der Waals surface area contributed by atoms with Crippen molar-refractivity contribution in [2.75, 3.05) is 18.1 Å². The second kappa shape index (κ2) is 7.14. The van der Waals surface area contributed by atoms with Gasteiger partial charge < -0.3 is 9.64 Å². The fourth-order valence-electron chi connectivity index (χ4n) is 3.27. The Kier molecular flexibility index (Phi) is 4.95. The average molecular weight is 324 g/mol. The summed E-state index contributed by atoms with van der Waals surface area (Å²) >= 11 is 0. The number of pyridine rings is 1. The Hall–Kier alpha value is -2.20. The molecular formula is C20H24N2O2. The molecule has 0 radical (unpaired) electrons. The van der Waals surface area contributed by atoms with Gasteiger partial charge in [0.05, 0.1) is 0 Å². The number of carbonyl (C=O) groups excluding carboxylic acids is 1. The van der Waals surface area contributed by atoms with Crippen LogP contribution in [0.15, 0.2) is 36.5 Å². The fraction of sp³-hybridized carbons (Fsp3) is 0.400. The summed E-state index contributed by atoms with van der Waals surface area (Å²) in [6.07, 6.45) is 3.47. The minimum Gasteiger partial charge on any atom is -0.381 e. The molecule has 1 aliphatic heterocycles. The molecule has 1 saturated heterocycles. The fourth-order valence-corrected chi connectivity index (χ4v) is 3.27. The molecule has 0 bridgehead atoms. The van der Waals surface area contributed by atoms with Gasteiger partial charge in [0.25, 0.3) is 5.91 Å². The van der Waals surface area contributed by atoms with Crippen molar-refractivity contribution in [2.24, 2.45) is 0 Å². The van der Waals surface area contributed by atoms with Crippen molar-refractivity contribution >= 4 is 11.6 Å². The van der Waals surface area contributed by atoms with Crippen LogP contribution >= 0.6 is 0 Å². The van der Waals surface area contributed by atoms with E-state index in [1.165, 1.54) is 0 Å². The van der Waals surface area contributed by atoms with E-state index in [1.54, 1.807) is 6.20 Å². The first kappa shape index (κ1) is 16.7. The van der Waals surface area contributed by atoms with Gasteiger partial charge in [0.2, 0.25) is 0 Å². The Labute approximate surface area is 143 Å². The highest BCUT2D eigenvalue weighted by atomic mass is 16.5. The van der Waals surface area contributed by atoms with E-state index < -0.39 is 0 Å². The van der Waals surface area contributed by atoms with Crippen molar-refractivity contribution in [3.63, 3.8) is 0 Å². The van der Waals surface area contributed by atoms with Crippen molar-refractivity contribution in [3.8, 4) is 0 Å². The van der Waals surface area contributed by atoms with Gasteiger partial charge >= 0.3 is 0 Å². The van der Waals surface area contributed by atoms with Gasteiger partial charge in [0.1, 0.15) is 5.69 Å². The van der Waals surface area contributed by atoms with Crippen LogP contribution in [0.1, 0.15) is 40.0 Å². The minimum absolute atomic E-state index is 0.0231. The van der Waals surface area contributed by atoms with Crippen LogP contribution in [0.5, 0.6) is 0 Å². The second-order valence-electron chi connectivity index (χ2n) is 6.54. The molecule has 3 rings (SSSR count). The number of aromatic nitrogens is 1. The number of aryl methyl sites for hydroxylation is 3. The first-order valence-electron chi connectivity index (χ1n) is 8.47. The third-order valence-electron chi connectivity index (χ3n) is 4.47. The quantitative estimate of drug-likeness (QED) is 0.861. The Morgan fingerprint density at radius 3 is 2.54 bits per heavy atom. The summed E-state index contributed by atoms with van der Waals surface area (Å²) in [5.41, 5.74) is 4.61. The van der Waals surface area contributed by atoms with E-state index >= 15 is 0 Å². The highest BCUT2D eigenvalue weighted by Gasteiger charge is 2.29. The molecule has 24 heavy (non-hydrogen) atoms. The molecule has 4 heteroatoms. The summed E-state index contributed by atoms with van der Waals surface area (Å²) in [7, 11) is 0. The Balaban J connectivity index is 2.01. The van der Waals surface area contributed by atoms with E-state index in [0.29, 0.717) is 18.9 Å². The molecule has 1 fully saturated rings. The monoisotopic (exact) mass is 324 g/mol. The zero-order valence-electron chi connectivity index (χ0n) is 14.6. The molecule has 1 aliphatic rings.